The molecule has 3 nitrogen and oxygen atoms in total. The lowest BCUT2D eigenvalue weighted by molar-refractivity contribution is 0.174. The maximum atomic E-state index is 13.8. The second-order valence-corrected chi connectivity index (χ2v) is 5.45. The predicted molar refractivity (Wildman–Crippen MR) is 77.7 cm³/mol. The van der Waals surface area contributed by atoms with E-state index in [-0.39, 0.29) is 5.82 Å². The molecule has 1 saturated heterocycles. The van der Waals surface area contributed by atoms with Gasteiger partial charge in [0.15, 0.2) is 0 Å². The Morgan fingerprint density at radius 2 is 2.15 bits per heavy atom. The van der Waals surface area contributed by atoms with Gasteiger partial charge in [-0.15, -0.1) is 0 Å². The molecule has 1 N–H and O–H groups in total. The van der Waals surface area contributed by atoms with Crippen LogP contribution < -0.4 is 5.32 Å². The van der Waals surface area contributed by atoms with Crippen molar-refractivity contribution in [1.29, 1.82) is 5.26 Å². The van der Waals surface area contributed by atoms with Gasteiger partial charge >= 0.3 is 0 Å². The van der Waals surface area contributed by atoms with Crippen LogP contribution in [0.1, 0.15) is 30.9 Å². The predicted octanol–water partition coefficient (Wildman–Crippen LogP) is 2.52. The summed E-state index contributed by atoms with van der Waals surface area (Å²) in [6, 6.07) is 6.72. The Kier molecular flexibility index (Phi) is 5.51. The lowest BCUT2D eigenvalue weighted by Crippen LogP contribution is -2.37. The quantitative estimate of drug-likeness (QED) is 0.897. The number of nitriles is 1. The van der Waals surface area contributed by atoms with Gasteiger partial charge < -0.3 is 5.32 Å². The van der Waals surface area contributed by atoms with Gasteiger partial charge in [-0.1, -0.05) is 13.0 Å². The highest BCUT2D eigenvalue weighted by molar-refractivity contribution is 5.32. The number of hydrogen-bond acceptors (Lipinski definition) is 3. The Balaban J connectivity index is 1.85. The van der Waals surface area contributed by atoms with Gasteiger partial charge in [0.2, 0.25) is 0 Å². The number of piperidine rings is 1. The first-order valence-electron chi connectivity index (χ1n) is 7.34. The van der Waals surface area contributed by atoms with Crippen molar-refractivity contribution in [3.05, 3.63) is 35.1 Å². The Bertz CT molecular complexity index is 473. The van der Waals surface area contributed by atoms with Gasteiger partial charge in [-0.05, 0) is 57.1 Å². The topological polar surface area (TPSA) is 39.1 Å². The summed E-state index contributed by atoms with van der Waals surface area (Å²) >= 11 is 0. The Morgan fingerprint density at radius 1 is 1.40 bits per heavy atom. The molecule has 1 aliphatic rings. The van der Waals surface area contributed by atoms with Crippen molar-refractivity contribution in [3.63, 3.8) is 0 Å². The van der Waals surface area contributed by atoms with Crippen LogP contribution in [0, 0.1) is 23.1 Å². The van der Waals surface area contributed by atoms with E-state index < -0.39 is 0 Å². The van der Waals surface area contributed by atoms with Gasteiger partial charge in [0.1, 0.15) is 5.82 Å². The number of likely N-dealkylation sites (tertiary alicyclic amines) is 1. The zero-order chi connectivity index (χ0) is 14.4. The molecule has 1 fully saturated rings. The Morgan fingerprint density at radius 3 is 2.75 bits per heavy atom. The number of benzene rings is 1. The molecular formula is C16H22FN3. The molecule has 1 aromatic rings. The zero-order valence-electron chi connectivity index (χ0n) is 12.0. The minimum absolute atomic E-state index is 0.265. The molecule has 0 saturated carbocycles. The third-order valence-corrected chi connectivity index (χ3v) is 3.97. The average Bonchev–Trinajstić information content (AvgIpc) is 2.48. The lowest BCUT2D eigenvalue weighted by atomic mass is 9.96. The fraction of sp³-hybridized carbons (Fsp3) is 0.562. The highest BCUT2D eigenvalue weighted by Crippen LogP contribution is 2.20. The summed E-state index contributed by atoms with van der Waals surface area (Å²) in [6.45, 7) is 6.94. The maximum absolute atomic E-state index is 13.8. The van der Waals surface area contributed by atoms with Gasteiger partial charge in [0.25, 0.3) is 0 Å². The molecule has 0 aromatic heterocycles. The van der Waals surface area contributed by atoms with E-state index in [1.54, 1.807) is 12.1 Å². The highest BCUT2D eigenvalue weighted by Gasteiger charge is 2.19. The van der Waals surface area contributed by atoms with Crippen LogP contribution in [0.5, 0.6) is 0 Å². The van der Waals surface area contributed by atoms with E-state index in [1.807, 2.05) is 6.07 Å². The summed E-state index contributed by atoms with van der Waals surface area (Å²) in [6.07, 6.45) is 2.34. The second kappa shape index (κ2) is 7.37. The van der Waals surface area contributed by atoms with Crippen molar-refractivity contribution in [2.45, 2.75) is 26.3 Å². The molecule has 4 heteroatoms. The molecule has 20 heavy (non-hydrogen) atoms. The molecule has 1 aliphatic heterocycles. The van der Waals surface area contributed by atoms with E-state index in [0.717, 1.165) is 32.1 Å². The van der Waals surface area contributed by atoms with Crippen LogP contribution in [-0.2, 0) is 6.54 Å². The van der Waals surface area contributed by atoms with Gasteiger partial charge in [0.05, 0.1) is 11.6 Å². The fourth-order valence-corrected chi connectivity index (χ4v) is 2.68. The molecule has 108 valence electrons. The SMILES string of the molecule is CCNCC1CCN(Cc2ccc(C#N)cc2F)CC1. The summed E-state index contributed by atoms with van der Waals surface area (Å²) in [5, 5.41) is 12.1. The van der Waals surface area contributed by atoms with Crippen molar-refractivity contribution in [2.75, 3.05) is 26.2 Å². The van der Waals surface area contributed by atoms with Crippen LogP contribution >= 0.6 is 0 Å². The van der Waals surface area contributed by atoms with E-state index in [4.69, 9.17) is 5.26 Å². The minimum Gasteiger partial charge on any atom is -0.317 e. The maximum Gasteiger partial charge on any atom is 0.129 e. The normalized spacial score (nSPS) is 17.1. The number of hydrogen-bond donors (Lipinski definition) is 1. The summed E-state index contributed by atoms with van der Waals surface area (Å²) in [5.74, 6) is 0.482. The van der Waals surface area contributed by atoms with Crippen molar-refractivity contribution in [1.82, 2.24) is 10.2 Å². The molecule has 0 amide bonds. The van der Waals surface area contributed by atoms with Gasteiger partial charge in [-0.2, -0.15) is 5.26 Å². The van der Waals surface area contributed by atoms with Crippen LogP contribution in [-0.4, -0.2) is 31.1 Å². The van der Waals surface area contributed by atoms with Crippen molar-refractivity contribution in [3.8, 4) is 6.07 Å². The van der Waals surface area contributed by atoms with Gasteiger partial charge in [-0.3, -0.25) is 4.90 Å². The average molecular weight is 275 g/mol. The zero-order valence-corrected chi connectivity index (χ0v) is 12.0. The van der Waals surface area contributed by atoms with Crippen LogP contribution in [0.25, 0.3) is 0 Å². The first-order chi connectivity index (χ1) is 9.72. The number of nitrogens with zero attached hydrogens (tertiary/aromatic N) is 2. The van der Waals surface area contributed by atoms with Crippen molar-refractivity contribution < 1.29 is 4.39 Å². The van der Waals surface area contributed by atoms with E-state index >= 15 is 0 Å². The Labute approximate surface area is 120 Å². The molecule has 2 rings (SSSR count). The highest BCUT2D eigenvalue weighted by atomic mass is 19.1. The van der Waals surface area contributed by atoms with Crippen molar-refractivity contribution >= 4 is 0 Å². The summed E-state index contributed by atoms with van der Waals surface area (Å²) in [7, 11) is 0. The first-order valence-corrected chi connectivity index (χ1v) is 7.34. The first kappa shape index (κ1) is 15.0. The van der Waals surface area contributed by atoms with Crippen molar-refractivity contribution in [2.24, 2.45) is 5.92 Å². The van der Waals surface area contributed by atoms with E-state index in [2.05, 4.69) is 17.1 Å². The fourth-order valence-electron chi connectivity index (χ4n) is 2.68. The smallest absolute Gasteiger partial charge is 0.129 e. The molecule has 1 heterocycles. The number of nitrogens with one attached hydrogen (secondary N) is 1. The molecular weight excluding hydrogens is 253 g/mol. The molecule has 0 bridgehead atoms. The van der Waals surface area contributed by atoms with E-state index in [9.17, 15) is 4.39 Å². The van der Waals surface area contributed by atoms with E-state index in [1.165, 1.54) is 18.9 Å². The van der Waals surface area contributed by atoms with E-state index in [0.29, 0.717) is 17.7 Å². The van der Waals surface area contributed by atoms with Crippen LogP contribution in [0.4, 0.5) is 4.39 Å². The summed E-state index contributed by atoms with van der Waals surface area (Å²) in [5.41, 5.74) is 1.07. The van der Waals surface area contributed by atoms with Crippen LogP contribution in [0.15, 0.2) is 18.2 Å². The molecule has 0 radical (unpaired) electrons. The largest absolute Gasteiger partial charge is 0.317 e. The van der Waals surface area contributed by atoms with Crippen LogP contribution in [0.3, 0.4) is 0 Å². The van der Waals surface area contributed by atoms with Crippen LogP contribution in [0.2, 0.25) is 0 Å². The minimum atomic E-state index is -0.265. The second-order valence-electron chi connectivity index (χ2n) is 5.45. The molecule has 0 spiro atoms. The third kappa shape index (κ3) is 4.03. The van der Waals surface area contributed by atoms with Gasteiger partial charge in [0, 0.05) is 12.1 Å². The number of halogens is 1. The molecule has 0 aliphatic carbocycles. The molecule has 0 unspecified atom stereocenters. The summed E-state index contributed by atoms with van der Waals surface area (Å²) < 4.78 is 13.8. The monoisotopic (exact) mass is 275 g/mol. The summed E-state index contributed by atoms with van der Waals surface area (Å²) in [4.78, 5) is 2.30. The third-order valence-electron chi connectivity index (χ3n) is 3.97. The number of rotatable bonds is 5. The molecule has 1 aromatic carbocycles. The Hall–Kier alpha value is -1.44. The lowest BCUT2D eigenvalue weighted by Gasteiger charge is -2.32. The van der Waals surface area contributed by atoms with Gasteiger partial charge in [-0.25, -0.2) is 4.39 Å². The standard InChI is InChI=1S/C16H22FN3/c1-2-19-11-13-5-7-20(8-6-13)12-15-4-3-14(10-18)9-16(15)17/h3-4,9,13,19H,2,5-8,11-12H2,1H3. The molecule has 0 atom stereocenters.